The molecule has 1 aromatic carbocycles. The number of hydrogen-bond acceptors (Lipinski definition) is 2. The molecule has 114 valence electrons. The van der Waals surface area contributed by atoms with E-state index >= 15 is 0 Å². The Morgan fingerprint density at radius 1 is 1.05 bits per heavy atom. The minimum absolute atomic E-state index is 0.0754. The van der Waals surface area contributed by atoms with Crippen LogP contribution < -0.4 is 5.73 Å². The van der Waals surface area contributed by atoms with Crippen LogP contribution in [-0.2, 0) is 4.79 Å². The van der Waals surface area contributed by atoms with Gasteiger partial charge in [0.1, 0.15) is 6.29 Å². The average molecular weight is 285 g/mol. The fourth-order valence-corrected chi connectivity index (χ4v) is 1.94. The summed E-state index contributed by atoms with van der Waals surface area (Å²) in [6.07, 6.45) is 13.3. The second-order valence-electron chi connectivity index (χ2n) is 6.08. The highest BCUT2D eigenvalue weighted by Crippen LogP contribution is 2.17. The van der Waals surface area contributed by atoms with E-state index < -0.39 is 0 Å². The van der Waals surface area contributed by atoms with Crippen molar-refractivity contribution in [1.29, 1.82) is 0 Å². The zero-order valence-corrected chi connectivity index (χ0v) is 13.2. The molecule has 0 aliphatic rings. The van der Waals surface area contributed by atoms with Gasteiger partial charge in [0.2, 0.25) is 0 Å². The van der Waals surface area contributed by atoms with E-state index in [1.807, 2.05) is 32.0 Å². The van der Waals surface area contributed by atoms with Crippen LogP contribution in [0.5, 0.6) is 0 Å². The molecule has 0 heterocycles. The highest BCUT2D eigenvalue weighted by molar-refractivity contribution is 5.58. The summed E-state index contributed by atoms with van der Waals surface area (Å²) < 4.78 is 0. The Morgan fingerprint density at radius 3 is 2.29 bits per heavy atom. The van der Waals surface area contributed by atoms with Crippen molar-refractivity contribution in [3.05, 3.63) is 60.2 Å². The van der Waals surface area contributed by atoms with Gasteiger partial charge in [0.05, 0.1) is 0 Å². The van der Waals surface area contributed by atoms with Crippen molar-refractivity contribution < 1.29 is 4.79 Å². The Morgan fingerprint density at radius 2 is 1.67 bits per heavy atom. The van der Waals surface area contributed by atoms with Gasteiger partial charge >= 0.3 is 0 Å². The van der Waals surface area contributed by atoms with Gasteiger partial charge in [-0.3, -0.25) is 0 Å². The Balaban J connectivity index is 2.18. The van der Waals surface area contributed by atoms with Crippen LogP contribution in [0, 0.1) is 5.41 Å². The topological polar surface area (TPSA) is 43.1 Å². The van der Waals surface area contributed by atoms with Gasteiger partial charge in [0.25, 0.3) is 0 Å². The molecule has 0 saturated heterocycles. The van der Waals surface area contributed by atoms with Gasteiger partial charge in [-0.2, -0.15) is 0 Å². The molecular weight excluding hydrogens is 258 g/mol. The molecule has 1 rings (SSSR count). The van der Waals surface area contributed by atoms with Gasteiger partial charge in [-0.25, -0.2) is 0 Å². The molecule has 0 aliphatic heterocycles. The van der Waals surface area contributed by atoms with E-state index in [0.717, 1.165) is 32.0 Å². The Hall–Kier alpha value is -1.67. The molecule has 1 unspecified atom stereocenters. The maximum Gasteiger partial charge on any atom is 0.125 e. The number of benzene rings is 1. The zero-order chi connectivity index (χ0) is 15.6. The highest BCUT2D eigenvalue weighted by atomic mass is 16.1. The van der Waals surface area contributed by atoms with Crippen LogP contribution in [0.1, 0.15) is 51.1 Å². The van der Waals surface area contributed by atoms with Crippen molar-refractivity contribution in [3.63, 3.8) is 0 Å². The van der Waals surface area contributed by atoms with Gasteiger partial charge < -0.3 is 10.5 Å². The summed E-state index contributed by atoms with van der Waals surface area (Å²) in [7, 11) is 0. The molecule has 1 atom stereocenters. The molecule has 21 heavy (non-hydrogen) atoms. The monoisotopic (exact) mass is 285 g/mol. The third kappa shape index (κ3) is 7.62. The van der Waals surface area contributed by atoms with Crippen molar-refractivity contribution in [1.82, 2.24) is 0 Å². The molecule has 1 aromatic rings. The lowest BCUT2D eigenvalue weighted by atomic mass is 9.91. The number of aldehydes is 1. The van der Waals surface area contributed by atoms with Gasteiger partial charge in [-0.1, -0.05) is 68.5 Å². The van der Waals surface area contributed by atoms with Crippen LogP contribution in [0.15, 0.2) is 54.6 Å². The molecule has 2 heteroatoms. The maximum absolute atomic E-state index is 10.8. The minimum Gasteiger partial charge on any atom is -0.324 e. The number of carbonyl (C=O) groups is 1. The summed E-state index contributed by atoms with van der Waals surface area (Å²) in [5.41, 5.74) is 7.06. The van der Waals surface area contributed by atoms with Crippen molar-refractivity contribution in [3.8, 4) is 0 Å². The number of rotatable bonds is 9. The lowest BCUT2D eigenvalue weighted by molar-refractivity contribution is -0.114. The van der Waals surface area contributed by atoms with Crippen LogP contribution >= 0.6 is 0 Å². The first kappa shape index (κ1) is 17.4. The predicted octanol–water partition coefficient (Wildman–Crippen LogP) is 4.58. The molecule has 0 amide bonds. The summed E-state index contributed by atoms with van der Waals surface area (Å²) in [6.45, 7) is 3.91. The molecule has 2 N–H and O–H groups in total. The average Bonchev–Trinajstić information content (AvgIpc) is 2.50. The lowest BCUT2D eigenvalue weighted by Crippen LogP contribution is -2.10. The minimum atomic E-state index is -0.241. The molecule has 0 saturated carbocycles. The van der Waals surface area contributed by atoms with Crippen LogP contribution in [-0.4, -0.2) is 6.29 Å². The SMILES string of the molecule is CC(C)(C=O)CC=CCCC=CCC(N)c1ccccc1. The van der Waals surface area contributed by atoms with Gasteiger partial charge in [-0.15, -0.1) is 0 Å². The standard InChI is InChI=1S/C19H27NO/c1-19(2,16-21)15-11-6-4-3-5-10-14-18(20)17-12-8-7-9-13-17/h5-13,16,18H,3-4,14-15,20H2,1-2H3. The molecule has 0 aromatic heterocycles. The first-order chi connectivity index (χ1) is 10.0. The number of unbranched alkanes of at least 4 members (excludes halogenated alkanes) is 1. The van der Waals surface area contributed by atoms with E-state index in [9.17, 15) is 4.79 Å². The first-order valence-corrected chi connectivity index (χ1v) is 7.62. The quantitative estimate of drug-likeness (QED) is 0.410. The van der Waals surface area contributed by atoms with E-state index in [2.05, 4.69) is 36.4 Å². The Labute approximate surface area is 128 Å². The van der Waals surface area contributed by atoms with Crippen LogP contribution in [0.2, 0.25) is 0 Å². The van der Waals surface area contributed by atoms with Crippen LogP contribution in [0.4, 0.5) is 0 Å². The molecule has 0 radical (unpaired) electrons. The molecule has 2 nitrogen and oxygen atoms in total. The fraction of sp³-hybridized carbons (Fsp3) is 0.421. The largest absolute Gasteiger partial charge is 0.324 e. The van der Waals surface area contributed by atoms with Crippen molar-refractivity contribution >= 4 is 6.29 Å². The summed E-state index contributed by atoms with van der Waals surface area (Å²) in [4.78, 5) is 10.8. The second kappa shape index (κ2) is 9.30. The number of nitrogens with two attached hydrogens (primary N) is 1. The van der Waals surface area contributed by atoms with Crippen molar-refractivity contribution in [2.24, 2.45) is 11.1 Å². The van der Waals surface area contributed by atoms with Crippen LogP contribution in [0.3, 0.4) is 0 Å². The zero-order valence-electron chi connectivity index (χ0n) is 13.2. The predicted molar refractivity (Wildman–Crippen MR) is 90.0 cm³/mol. The summed E-state index contributed by atoms with van der Waals surface area (Å²) in [6, 6.07) is 10.2. The first-order valence-electron chi connectivity index (χ1n) is 7.62. The normalized spacial score (nSPS) is 13.9. The second-order valence-corrected chi connectivity index (χ2v) is 6.08. The third-order valence-corrected chi connectivity index (χ3v) is 3.41. The van der Waals surface area contributed by atoms with E-state index in [1.165, 1.54) is 5.56 Å². The molecule has 0 fully saturated rings. The molecule has 0 spiro atoms. The van der Waals surface area contributed by atoms with Gasteiger partial charge in [0, 0.05) is 11.5 Å². The van der Waals surface area contributed by atoms with Crippen molar-refractivity contribution in [2.45, 2.75) is 45.6 Å². The lowest BCUT2D eigenvalue weighted by Gasteiger charge is -2.12. The van der Waals surface area contributed by atoms with Gasteiger partial charge in [-0.05, 0) is 31.2 Å². The van der Waals surface area contributed by atoms with E-state index in [-0.39, 0.29) is 11.5 Å². The summed E-state index contributed by atoms with van der Waals surface area (Å²) in [5.74, 6) is 0. The van der Waals surface area contributed by atoms with Crippen LogP contribution in [0.25, 0.3) is 0 Å². The van der Waals surface area contributed by atoms with E-state index in [4.69, 9.17) is 5.73 Å². The molecular formula is C19H27NO. The Kier molecular flexibility index (Phi) is 7.70. The summed E-state index contributed by atoms with van der Waals surface area (Å²) in [5, 5.41) is 0. The summed E-state index contributed by atoms with van der Waals surface area (Å²) >= 11 is 0. The number of allylic oxidation sites excluding steroid dienone is 3. The smallest absolute Gasteiger partial charge is 0.125 e. The fourth-order valence-electron chi connectivity index (χ4n) is 1.94. The molecule has 0 aliphatic carbocycles. The highest BCUT2D eigenvalue weighted by Gasteiger charge is 2.13. The third-order valence-electron chi connectivity index (χ3n) is 3.41. The van der Waals surface area contributed by atoms with Crippen molar-refractivity contribution in [2.75, 3.05) is 0 Å². The number of carbonyl (C=O) groups excluding carboxylic acids is 1. The number of hydrogen-bond donors (Lipinski definition) is 1. The van der Waals surface area contributed by atoms with E-state index in [0.29, 0.717) is 0 Å². The Bertz CT molecular complexity index is 460. The van der Waals surface area contributed by atoms with E-state index in [1.54, 1.807) is 0 Å². The molecule has 0 bridgehead atoms. The van der Waals surface area contributed by atoms with Gasteiger partial charge in [0.15, 0.2) is 0 Å². The maximum atomic E-state index is 10.8.